The molecule has 1 aromatic carbocycles. The Morgan fingerprint density at radius 3 is 2.84 bits per heavy atom. The van der Waals surface area contributed by atoms with Crippen LogP contribution in [0, 0.1) is 12.7 Å². The minimum absolute atomic E-state index is 0. The van der Waals surface area contributed by atoms with Gasteiger partial charge in [0.15, 0.2) is 17.3 Å². The Labute approximate surface area is 222 Å². The molecule has 4 aromatic heterocycles. The molecule has 3 saturated heterocycles. The molecule has 3 fully saturated rings. The van der Waals surface area contributed by atoms with Crippen LogP contribution >= 0.6 is 12.4 Å². The number of benzene rings is 1. The van der Waals surface area contributed by atoms with Gasteiger partial charge < -0.3 is 20.3 Å². The van der Waals surface area contributed by atoms with Crippen LogP contribution in [-0.2, 0) is 0 Å². The molecule has 13 heteroatoms. The van der Waals surface area contributed by atoms with Crippen LogP contribution in [0.2, 0.25) is 0 Å². The van der Waals surface area contributed by atoms with E-state index in [0.717, 1.165) is 25.9 Å². The average Bonchev–Trinajstić information content (AvgIpc) is 3.41. The highest BCUT2D eigenvalue weighted by atomic mass is 35.5. The number of halogens is 2. The number of hydrogen-bond donors (Lipinski definition) is 2. The maximum Gasteiger partial charge on any atom is 0.226 e. The number of rotatable bonds is 5. The van der Waals surface area contributed by atoms with Crippen molar-refractivity contribution >= 4 is 46.5 Å². The number of aromatic nitrogens is 7. The summed E-state index contributed by atoms with van der Waals surface area (Å²) in [6, 6.07) is 7.64. The van der Waals surface area contributed by atoms with Gasteiger partial charge >= 0.3 is 0 Å². The van der Waals surface area contributed by atoms with Gasteiger partial charge in [0.2, 0.25) is 5.95 Å². The fourth-order valence-corrected chi connectivity index (χ4v) is 5.02. The van der Waals surface area contributed by atoms with E-state index in [2.05, 4.69) is 40.6 Å². The molecule has 2 atom stereocenters. The maximum absolute atomic E-state index is 15.5. The zero-order chi connectivity index (χ0) is 24.9. The lowest BCUT2D eigenvalue weighted by Crippen LogP contribution is -2.61. The van der Waals surface area contributed by atoms with Crippen LogP contribution in [0.5, 0.6) is 11.5 Å². The molecule has 8 rings (SSSR count). The molecule has 7 heterocycles. The molecule has 2 bridgehead atoms. The largest absolute Gasteiger partial charge is 0.457 e. The van der Waals surface area contributed by atoms with Gasteiger partial charge in [0, 0.05) is 43.0 Å². The fourth-order valence-electron chi connectivity index (χ4n) is 5.02. The number of fused-ring (bicyclic) bond motifs is 5. The molecule has 0 aliphatic carbocycles. The molecule has 0 radical (unpaired) electrons. The Bertz CT molecular complexity index is 1640. The van der Waals surface area contributed by atoms with Gasteiger partial charge in [0.1, 0.15) is 35.2 Å². The standard InChI is InChI=1S/C25H23FN10O.ClH/c1-14-20(37-17-6-7-36-21(8-17)30-13-32-36)5-4-18(22(14)26)33-24-23-19(29-12-31-24)10-28-25(34-23)35-11-15-2-3-16(35)9-27-15;/h4-8,10,12-13,15-16,27H,2-3,9,11H2,1H3,(H,29,31,33);1H/t15-,16-;/m0./s1. The molecule has 3 aliphatic heterocycles. The summed E-state index contributed by atoms with van der Waals surface area (Å²) < 4.78 is 23.0. The Hall–Kier alpha value is -4.16. The molecule has 2 N–H and O–H groups in total. The van der Waals surface area contributed by atoms with Gasteiger partial charge in [-0.1, -0.05) is 0 Å². The Morgan fingerprint density at radius 1 is 1.11 bits per heavy atom. The summed E-state index contributed by atoms with van der Waals surface area (Å²) in [5, 5.41) is 10.7. The number of ether oxygens (including phenoxy) is 1. The van der Waals surface area contributed by atoms with Gasteiger partial charge in [-0.05, 0) is 38.0 Å². The second-order valence-corrected chi connectivity index (χ2v) is 9.32. The van der Waals surface area contributed by atoms with Crippen LogP contribution in [-0.4, -0.2) is 59.7 Å². The first-order valence-electron chi connectivity index (χ1n) is 12.1. The topological polar surface area (TPSA) is 118 Å². The van der Waals surface area contributed by atoms with Crippen molar-refractivity contribution in [3.8, 4) is 11.5 Å². The van der Waals surface area contributed by atoms with Gasteiger partial charge in [-0.15, -0.1) is 12.4 Å². The van der Waals surface area contributed by atoms with E-state index < -0.39 is 5.82 Å². The lowest BCUT2D eigenvalue weighted by molar-refractivity contribution is 0.287. The second-order valence-electron chi connectivity index (χ2n) is 9.32. The summed E-state index contributed by atoms with van der Waals surface area (Å²) in [5.74, 6) is 1.56. The van der Waals surface area contributed by atoms with Crippen molar-refractivity contribution in [2.45, 2.75) is 31.8 Å². The fraction of sp³-hybridized carbons (Fsp3) is 0.280. The molecular formula is C25H24ClFN10O. The zero-order valence-electron chi connectivity index (χ0n) is 20.4. The summed E-state index contributed by atoms with van der Waals surface area (Å²) in [6.45, 7) is 3.46. The monoisotopic (exact) mass is 534 g/mol. The third kappa shape index (κ3) is 4.21. The molecule has 38 heavy (non-hydrogen) atoms. The summed E-state index contributed by atoms with van der Waals surface area (Å²) >= 11 is 0. The van der Waals surface area contributed by atoms with Gasteiger partial charge in [-0.3, -0.25) is 0 Å². The summed E-state index contributed by atoms with van der Waals surface area (Å²) in [7, 11) is 0. The highest BCUT2D eigenvalue weighted by Crippen LogP contribution is 2.33. The Kier molecular flexibility index (Phi) is 6.12. The molecule has 194 valence electrons. The number of piperidine rings is 2. The number of pyridine rings is 1. The van der Waals surface area contributed by atoms with E-state index in [1.54, 1.807) is 48.1 Å². The summed E-state index contributed by atoms with van der Waals surface area (Å²) in [6.07, 6.45) is 8.60. The van der Waals surface area contributed by atoms with Crippen molar-refractivity contribution in [3.05, 3.63) is 60.7 Å². The van der Waals surface area contributed by atoms with E-state index in [0.29, 0.717) is 57.6 Å². The predicted octanol–water partition coefficient (Wildman–Crippen LogP) is 3.81. The molecule has 0 saturated carbocycles. The van der Waals surface area contributed by atoms with E-state index in [-0.39, 0.29) is 18.1 Å². The van der Waals surface area contributed by atoms with Crippen LogP contribution in [0.4, 0.5) is 21.8 Å². The summed E-state index contributed by atoms with van der Waals surface area (Å²) in [5.41, 5.74) is 2.39. The third-order valence-corrected chi connectivity index (χ3v) is 7.04. The highest BCUT2D eigenvalue weighted by Gasteiger charge is 2.35. The maximum atomic E-state index is 15.5. The molecule has 5 aromatic rings. The van der Waals surface area contributed by atoms with Gasteiger partial charge in [-0.25, -0.2) is 33.8 Å². The van der Waals surface area contributed by atoms with Crippen LogP contribution in [0.15, 0.2) is 49.3 Å². The first kappa shape index (κ1) is 24.2. The van der Waals surface area contributed by atoms with Crippen LogP contribution in [0.25, 0.3) is 16.7 Å². The quantitative estimate of drug-likeness (QED) is 0.344. The molecule has 0 spiro atoms. The third-order valence-electron chi connectivity index (χ3n) is 7.04. The molecule has 0 amide bonds. The van der Waals surface area contributed by atoms with Crippen molar-refractivity contribution in [2.24, 2.45) is 0 Å². The normalized spacial score (nSPS) is 18.5. The number of hydrogen-bond acceptors (Lipinski definition) is 10. The lowest BCUT2D eigenvalue weighted by Gasteiger charge is -2.45. The second kappa shape index (κ2) is 9.62. The number of nitrogens with zero attached hydrogens (tertiary/aromatic N) is 8. The number of nitrogens with one attached hydrogen (secondary N) is 2. The first-order valence-corrected chi connectivity index (χ1v) is 12.1. The molecule has 0 unspecified atom stereocenters. The molecule has 11 nitrogen and oxygen atoms in total. The Morgan fingerprint density at radius 2 is 2.03 bits per heavy atom. The first-order chi connectivity index (χ1) is 18.1. The van der Waals surface area contributed by atoms with Crippen molar-refractivity contribution in [2.75, 3.05) is 23.3 Å². The average molecular weight is 535 g/mol. The molecule has 3 aliphatic rings. The number of anilines is 3. The van der Waals surface area contributed by atoms with Crippen LogP contribution in [0.3, 0.4) is 0 Å². The minimum Gasteiger partial charge on any atom is -0.457 e. The minimum atomic E-state index is -0.443. The van der Waals surface area contributed by atoms with Gasteiger partial charge in [0.05, 0.1) is 11.9 Å². The lowest BCUT2D eigenvalue weighted by atomic mass is 9.93. The van der Waals surface area contributed by atoms with Crippen molar-refractivity contribution in [1.29, 1.82) is 0 Å². The van der Waals surface area contributed by atoms with Crippen molar-refractivity contribution in [1.82, 2.24) is 39.9 Å². The predicted molar refractivity (Wildman–Crippen MR) is 142 cm³/mol. The van der Waals surface area contributed by atoms with E-state index in [1.165, 1.54) is 12.7 Å². The highest BCUT2D eigenvalue weighted by molar-refractivity contribution is 5.87. The van der Waals surface area contributed by atoms with E-state index >= 15 is 4.39 Å². The van der Waals surface area contributed by atoms with Crippen molar-refractivity contribution < 1.29 is 9.13 Å². The van der Waals surface area contributed by atoms with E-state index in [4.69, 9.17) is 9.72 Å². The van der Waals surface area contributed by atoms with Crippen LogP contribution < -0.4 is 20.3 Å². The van der Waals surface area contributed by atoms with Crippen molar-refractivity contribution in [3.63, 3.8) is 0 Å². The summed E-state index contributed by atoms with van der Waals surface area (Å²) in [4.78, 5) is 24.4. The van der Waals surface area contributed by atoms with E-state index in [9.17, 15) is 0 Å². The smallest absolute Gasteiger partial charge is 0.226 e. The Balaban J connectivity index is 0.00000264. The van der Waals surface area contributed by atoms with Crippen LogP contribution in [0.1, 0.15) is 18.4 Å². The zero-order valence-corrected chi connectivity index (χ0v) is 21.2. The number of piperazine rings is 1. The SMILES string of the molecule is Cc1c(Oc2ccn3ncnc3c2)ccc(Nc2ncnc3cnc(N4C[C@@H]5CC[C@H]4CN5)nc23)c1F.Cl. The van der Waals surface area contributed by atoms with Gasteiger partial charge in [0.25, 0.3) is 0 Å². The molecular weight excluding hydrogens is 511 g/mol. The van der Waals surface area contributed by atoms with Gasteiger partial charge in [-0.2, -0.15) is 5.10 Å². The van der Waals surface area contributed by atoms with E-state index in [1.807, 2.05) is 0 Å².